The van der Waals surface area contributed by atoms with Crippen molar-refractivity contribution in [3.05, 3.63) is 11.7 Å². The van der Waals surface area contributed by atoms with Gasteiger partial charge in [0, 0.05) is 19.1 Å². The van der Waals surface area contributed by atoms with Gasteiger partial charge in [-0.05, 0) is 24.7 Å². The van der Waals surface area contributed by atoms with E-state index in [4.69, 9.17) is 15.0 Å². The van der Waals surface area contributed by atoms with E-state index in [1.54, 1.807) is 0 Å². The number of rotatable bonds is 7. The quantitative estimate of drug-likeness (QED) is 0.832. The number of nitrogens with two attached hydrogens (primary N) is 1. The maximum atomic E-state index is 6.08. The molecule has 1 aromatic rings. The first-order valence-electron chi connectivity index (χ1n) is 7.43. The molecule has 0 aromatic carbocycles. The summed E-state index contributed by atoms with van der Waals surface area (Å²) in [6, 6.07) is 0.0588. The molecule has 0 spiro atoms. The highest BCUT2D eigenvalue weighted by Gasteiger charge is 2.31. The Labute approximate surface area is 122 Å². The summed E-state index contributed by atoms with van der Waals surface area (Å²) in [5.74, 6) is 1.78. The van der Waals surface area contributed by atoms with Crippen LogP contribution in [0, 0.1) is 11.3 Å². The largest absolute Gasteiger partial charge is 0.370 e. The average molecular weight is 283 g/mol. The maximum absolute atomic E-state index is 6.08. The smallest absolute Gasteiger partial charge is 0.228 e. The lowest BCUT2D eigenvalue weighted by Gasteiger charge is -2.27. The van der Waals surface area contributed by atoms with Crippen molar-refractivity contribution in [2.24, 2.45) is 17.1 Å². The van der Waals surface area contributed by atoms with E-state index in [0.29, 0.717) is 30.7 Å². The molecule has 0 aliphatic heterocycles. The van der Waals surface area contributed by atoms with Crippen LogP contribution in [-0.2, 0) is 11.2 Å². The van der Waals surface area contributed by atoms with E-state index in [-0.39, 0.29) is 17.6 Å². The molecule has 0 saturated heterocycles. The highest BCUT2D eigenvalue weighted by Crippen LogP contribution is 2.34. The molecule has 2 atom stereocenters. The first-order chi connectivity index (χ1) is 9.24. The average Bonchev–Trinajstić information content (AvgIpc) is 2.70. The van der Waals surface area contributed by atoms with Crippen LogP contribution in [0.15, 0.2) is 4.52 Å². The normalized spacial score (nSPS) is 15.6. The Morgan fingerprint density at radius 1 is 1.30 bits per heavy atom. The Kier molecular flexibility index (Phi) is 6.14. The van der Waals surface area contributed by atoms with E-state index in [2.05, 4.69) is 44.8 Å². The zero-order valence-electron chi connectivity index (χ0n) is 13.6. The molecule has 0 aliphatic carbocycles. The summed E-state index contributed by atoms with van der Waals surface area (Å²) in [4.78, 5) is 4.46. The fourth-order valence-corrected chi connectivity index (χ4v) is 2.25. The summed E-state index contributed by atoms with van der Waals surface area (Å²) >= 11 is 0. The third-order valence-electron chi connectivity index (χ3n) is 3.05. The molecule has 1 aromatic heterocycles. The number of ether oxygens (including phenoxy) is 1. The fourth-order valence-electron chi connectivity index (χ4n) is 2.25. The van der Waals surface area contributed by atoms with Gasteiger partial charge < -0.3 is 15.0 Å². The Balaban J connectivity index is 2.74. The van der Waals surface area contributed by atoms with Crippen molar-refractivity contribution in [2.75, 3.05) is 6.61 Å². The SMILES string of the molecule is CCOC(c1noc(CC(N)CC(C)C)n1)C(C)(C)C. The Morgan fingerprint density at radius 2 is 1.95 bits per heavy atom. The van der Waals surface area contributed by atoms with Crippen LogP contribution < -0.4 is 5.73 Å². The van der Waals surface area contributed by atoms with Crippen LogP contribution in [-0.4, -0.2) is 22.8 Å². The Bertz CT molecular complexity index is 396. The van der Waals surface area contributed by atoms with Crippen LogP contribution in [0.4, 0.5) is 0 Å². The van der Waals surface area contributed by atoms with E-state index in [1.165, 1.54) is 0 Å². The molecule has 0 radical (unpaired) electrons. The molecule has 2 N–H and O–H groups in total. The van der Waals surface area contributed by atoms with Gasteiger partial charge in [-0.25, -0.2) is 0 Å². The van der Waals surface area contributed by atoms with Crippen LogP contribution in [0.5, 0.6) is 0 Å². The van der Waals surface area contributed by atoms with Gasteiger partial charge in [0.2, 0.25) is 11.7 Å². The van der Waals surface area contributed by atoms with Gasteiger partial charge in [-0.3, -0.25) is 0 Å². The van der Waals surface area contributed by atoms with Crippen molar-refractivity contribution in [2.45, 2.75) is 66.5 Å². The minimum Gasteiger partial charge on any atom is -0.370 e. The van der Waals surface area contributed by atoms with Gasteiger partial charge in [-0.1, -0.05) is 39.8 Å². The molecule has 20 heavy (non-hydrogen) atoms. The van der Waals surface area contributed by atoms with Crippen molar-refractivity contribution in [3.8, 4) is 0 Å². The van der Waals surface area contributed by atoms with Crippen molar-refractivity contribution in [3.63, 3.8) is 0 Å². The standard InChI is InChI=1S/C15H29N3O2/c1-7-19-13(15(4,5)6)14-17-12(20-18-14)9-11(16)8-10(2)3/h10-11,13H,7-9,16H2,1-6H3. The molecule has 2 unspecified atom stereocenters. The second-order valence-electron chi connectivity index (χ2n) is 6.84. The van der Waals surface area contributed by atoms with Crippen LogP contribution in [0.3, 0.4) is 0 Å². The van der Waals surface area contributed by atoms with Gasteiger partial charge in [-0.15, -0.1) is 0 Å². The molecule has 0 bridgehead atoms. The van der Waals surface area contributed by atoms with Gasteiger partial charge >= 0.3 is 0 Å². The fraction of sp³-hybridized carbons (Fsp3) is 0.867. The molecule has 0 amide bonds. The van der Waals surface area contributed by atoms with E-state index >= 15 is 0 Å². The lowest BCUT2D eigenvalue weighted by atomic mass is 9.88. The minimum absolute atomic E-state index is 0.0588. The predicted molar refractivity (Wildman–Crippen MR) is 79.3 cm³/mol. The molecular formula is C15H29N3O2. The van der Waals surface area contributed by atoms with Gasteiger partial charge in [0.1, 0.15) is 6.10 Å². The van der Waals surface area contributed by atoms with Crippen molar-refractivity contribution in [1.82, 2.24) is 10.1 Å². The first-order valence-corrected chi connectivity index (χ1v) is 7.43. The maximum Gasteiger partial charge on any atom is 0.228 e. The van der Waals surface area contributed by atoms with Crippen LogP contribution in [0.25, 0.3) is 0 Å². The lowest BCUT2D eigenvalue weighted by molar-refractivity contribution is -0.0203. The van der Waals surface area contributed by atoms with Gasteiger partial charge in [0.15, 0.2) is 0 Å². The van der Waals surface area contributed by atoms with Crippen LogP contribution >= 0.6 is 0 Å². The summed E-state index contributed by atoms with van der Waals surface area (Å²) in [7, 11) is 0. The van der Waals surface area contributed by atoms with Crippen molar-refractivity contribution >= 4 is 0 Å². The van der Waals surface area contributed by atoms with Crippen LogP contribution in [0.1, 0.15) is 65.8 Å². The zero-order valence-corrected chi connectivity index (χ0v) is 13.6. The second-order valence-corrected chi connectivity index (χ2v) is 6.84. The van der Waals surface area contributed by atoms with E-state index in [1.807, 2.05) is 6.92 Å². The predicted octanol–water partition coefficient (Wildman–Crippen LogP) is 3.11. The molecule has 5 heteroatoms. The summed E-state index contributed by atoms with van der Waals surface area (Å²) < 4.78 is 11.1. The van der Waals surface area contributed by atoms with Crippen molar-refractivity contribution in [1.29, 1.82) is 0 Å². The molecule has 0 fully saturated rings. The highest BCUT2D eigenvalue weighted by molar-refractivity contribution is 4.97. The number of nitrogens with zero attached hydrogens (tertiary/aromatic N) is 2. The monoisotopic (exact) mass is 283 g/mol. The highest BCUT2D eigenvalue weighted by atomic mass is 16.5. The minimum atomic E-state index is -0.161. The van der Waals surface area contributed by atoms with Crippen LogP contribution in [0.2, 0.25) is 0 Å². The van der Waals surface area contributed by atoms with Gasteiger partial charge in [0.05, 0.1) is 0 Å². The molecule has 1 heterocycles. The molecule has 0 aliphatic rings. The molecule has 1 rings (SSSR count). The zero-order chi connectivity index (χ0) is 15.3. The van der Waals surface area contributed by atoms with Gasteiger partial charge in [-0.2, -0.15) is 4.98 Å². The summed E-state index contributed by atoms with van der Waals surface area (Å²) in [5, 5.41) is 4.07. The summed E-state index contributed by atoms with van der Waals surface area (Å²) in [6.45, 7) is 13.2. The van der Waals surface area contributed by atoms with E-state index in [0.717, 1.165) is 6.42 Å². The lowest BCUT2D eigenvalue weighted by Crippen LogP contribution is -2.25. The Morgan fingerprint density at radius 3 is 2.45 bits per heavy atom. The summed E-state index contributed by atoms with van der Waals surface area (Å²) in [6.07, 6.45) is 1.41. The second kappa shape index (κ2) is 7.18. The van der Waals surface area contributed by atoms with Gasteiger partial charge in [0.25, 0.3) is 0 Å². The van der Waals surface area contributed by atoms with E-state index in [9.17, 15) is 0 Å². The topological polar surface area (TPSA) is 74.2 Å². The van der Waals surface area contributed by atoms with Crippen molar-refractivity contribution < 1.29 is 9.26 Å². The third kappa shape index (κ3) is 5.21. The number of hydrogen-bond donors (Lipinski definition) is 1. The number of aromatic nitrogens is 2. The third-order valence-corrected chi connectivity index (χ3v) is 3.05. The van der Waals surface area contributed by atoms with E-state index < -0.39 is 0 Å². The molecule has 116 valence electrons. The molecule has 5 nitrogen and oxygen atoms in total. The Hall–Kier alpha value is -0.940. The summed E-state index contributed by atoms with van der Waals surface area (Å²) in [5.41, 5.74) is 6.01. The number of hydrogen-bond acceptors (Lipinski definition) is 5. The molecule has 0 saturated carbocycles. The first kappa shape index (κ1) is 17.1. The molecular weight excluding hydrogens is 254 g/mol.